The van der Waals surface area contributed by atoms with Crippen molar-refractivity contribution in [1.29, 1.82) is 0 Å². The van der Waals surface area contributed by atoms with Gasteiger partial charge in [0, 0.05) is 29.8 Å². The zero-order valence-corrected chi connectivity index (χ0v) is 24.1. The topological polar surface area (TPSA) is 63.6 Å². The van der Waals surface area contributed by atoms with Crippen LogP contribution >= 0.6 is 11.8 Å². The number of hydrogen-bond acceptors (Lipinski definition) is 5. The van der Waals surface area contributed by atoms with Gasteiger partial charge in [-0.25, -0.2) is 0 Å². The van der Waals surface area contributed by atoms with Gasteiger partial charge in [0.25, 0.3) is 0 Å². The Kier molecular flexibility index (Phi) is 14.2. The standard InChI is InChI=1S/C34H44O4S/c1-2-3-8-19-29(35)22-23-31-30(32(36)24-33(31)39-26-28-17-11-7-12-18-28)20-13-4-5-14-21-34(37)38-25-27-15-9-6-10-16-27/h4,6-7,9-13,15-18,22-23,29-31,33,35H,2-3,5,8,14,19-21,24-26H2,1H3/b13-4-,23-22+/t29-,30+,31+,33?/m0/s1. The first-order valence-corrected chi connectivity index (χ1v) is 15.5. The molecule has 0 bridgehead atoms. The molecule has 5 heteroatoms. The van der Waals surface area contributed by atoms with E-state index >= 15 is 0 Å². The van der Waals surface area contributed by atoms with Gasteiger partial charge in [0.15, 0.2) is 0 Å². The number of benzene rings is 2. The molecule has 0 amide bonds. The predicted octanol–water partition coefficient (Wildman–Crippen LogP) is 7.85. The molecule has 4 atom stereocenters. The minimum atomic E-state index is -0.454. The zero-order chi connectivity index (χ0) is 27.7. The Morgan fingerprint density at radius 1 is 1.03 bits per heavy atom. The van der Waals surface area contributed by atoms with Gasteiger partial charge in [-0.3, -0.25) is 9.59 Å². The lowest BCUT2D eigenvalue weighted by atomic mass is 9.91. The Hall–Kier alpha value is -2.63. The molecule has 0 spiro atoms. The van der Waals surface area contributed by atoms with Crippen LogP contribution in [0.1, 0.15) is 75.8 Å². The van der Waals surface area contributed by atoms with Gasteiger partial charge in [-0.2, -0.15) is 11.8 Å². The summed E-state index contributed by atoms with van der Waals surface area (Å²) in [6.45, 7) is 2.47. The summed E-state index contributed by atoms with van der Waals surface area (Å²) in [5.74, 6) is 1.06. The average molecular weight is 549 g/mol. The van der Waals surface area contributed by atoms with Crippen molar-refractivity contribution >= 4 is 23.5 Å². The first-order chi connectivity index (χ1) is 19.1. The first-order valence-electron chi connectivity index (χ1n) is 14.5. The highest BCUT2D eigenvalue weighted by molar-refractivity contribution is 7.99. The number of allylic oxidation sites excluding steroid dienone is 3. The van der Waals surface area contributed by atoms with Crippen LogP contribution in [0.25, 0.3) is 0 Å². The monoisotopic (exact) mass is 548 g/mol. The average Bonchev–Trinajstić information content (AvgIpc) is 3.26. The number of Topliss-reactive ketones (excluding diaryl/α,β-unsaturated/α-hetero) is 1. The lowest BCUT2D eigenvalue weighted by Gasteiger charge is -2.20. The van der Waals surface area contributed by atoms with Crippen LogP contribution in [0.4, 0.5) is 0 Å². The summed E-state index contributed by atoms with van der Waals surface area (Å²) in [4.78, 5) is 25.1. The van der Waals surface area contributed by atoms with Crippen molar-refractivity contribution in [2.75, 3.05) is 0 Å². The predicted molar refractivity (Wildman–Crippen MR) is 161 cm³/mol. The van der Waals surface area contributed by atoms with Gasteiger partial charge in [0.2, 0.25) is 0 Å². The van der Waals surface area contributed by atoms with Crippen molar-refractivity contribution < 1.29 is 19.4 Å². The largest absolute Gasteiger partial charge is 0.461 e. The van der Waals surface area contributed by atoms with E-state index in [-0.39, 0.29) is 23.1 Å². The number of ether oxygens (including phenoxy) is 1. The second kappa shape index (κ2) is 17.9. The van der Waals surface area contributed by atoms with Gasteiger partial charge < -0.3 is 9.84 Å². The maximum Gasteiger partial charge on any atom is 0.306 e. The number of unbranched alkanes of at least 4 members (excludes halogenated alkanes) is 3. The summed E-state index contributed by atoms with van der Waals surface area (Å²) in [6, 6.07) is 20.1. The first kappa shape index (κ1) is 30.9. The molecule has 2 aromatic carbocycles. The Labute approximate surface area is 238 Å². The normalized spacial score (nSPS) is 20.2. The van der Waals surface area contributed by atoms with Gasteiger partial charge in [-0.05, 0) is 42.7 Å². The third kappa shape index (κ3) is 11.6. The zero-order valence-electron chi connectivity index (χ0n) is 23.3. The van der Waals surface area contributed by atoms with E-state index in [1.165, 1.54) is 5.56 Å². The minimum absolute atomic E-state index is 0.0653. The lowest BCUT2D eigenvalue weighted by molar-refractivity contribution is -0.145. The van der Waals surface area contributed by atoms with E-state index in [9.17, 15) is 14.7 Å². The van der Waals surface area contributed by atoms with Crippen molar-refractivity contribution in [2.24, 2.45) is 11.8 Å². The van der Waals surface area contributed by atoms with Crippen LogP contribution in [0.2, 0.25) is 0 Å². The number of aliphatic hydroxyl groups excluding tert-OH is 1. The number of thioether (sulfide) groups is 1. The summed E-state index contributed by atoms with van der Waals surface area (Å²) in [7, 11) is 0. The van der Waals surface area contributed by atoms with E-state index in [4.69, 9.17) is 4.74 Å². The number of rotatable bonds is 17. The van der Waals surface area contributed by atoms with Crippen LogP contribution in [0, 0.1) is 11.8 Å². The molecular formula is C34H44O4S. The van der Waals surface area contributed by atoms with E-state index < -0.39 is 6.10 Å². The quantitative estimate of drug-likeness (QED) is 0.124. The number of carbonyl (C=O) groups is 2. The smallest absolute Gasteiger partial charge is 0.306 e. The number of esters is 1. The number of aliphatic hydroxyl groups is 1. The molecule has 3 rings (SSSR count). The van der Waals surface area contributed by atoms with Gasteiger partial charge in [-0.15, -0.1) is 0 Å². The SMILES string of the molecule is CCCCC[C@H](O)/C=C/[C@H]1C(SCc2ccccc2)CC(=O)[C@@H]1C/C=C\CCCC(=O)OCc1ccccc1. The molecular weight excluding hydrogens is 504 g/mol. The molecule has 0 heterocycles. The van der Waals surface area contributed by atoms with E-state index in [0.717, 1.165) is 49.8 Å². The van der Waals surface area contributed by atoms with E-state index in [0.29, 0.717) is 31.7 Å². The molecule has 0 radical (unpaired) electrons. The van der Waals surface area contributed by atoms with Gasteiger partial charge in [0.1, 0.15) is 12.4 Å². The molecule has 1 aliphatic rings. The molecule has 1 unspecified atom stereocenters. The molecule has 1 fully saturated rings. The van der Waals surface area contributed by atoms with Crippen LogP contribution in [0.5, 0.6) is 0 Å². The highest BCUT2D eigenvalue weighted by Gasteiger charge is 2.40. The fraction of sp³-hybridized carbons (Fsp3) is 0.471. The Bertz CT molecular complexity index is 1030. The van der Waals surface area contributed by atoms with Gasteiger partial charge in [0.05, 0.1) is 6.10 Å². The highest BCUT2D eigenvalue weighted by atomic mass is 32.2. The summed E-state index contributed by atoms with van der Waals surface area (Å²) in [5.41, 5.74) is 2.26. The summed E-state index contributed by atoms with van der Waals surface area (Å²) in [5, 5.41) is 10.7. The number of carbonyl (C=O) groups excluding carboxylic acids is 2. The molecule has 1 aliphatic carbocycles. The second-order valence-corrected chi connectivity index (χ2v) is 11.6. The fourth-order valence-corrected chi connectivity index (χ4v) is 6.33. The molecule has 0 aliphatic heterocycles. The molecule has 1 saturated carbocycles. The second-order valence-electron chi connectivity index (χ2n) is 10.4. The number of ketones is 1. The van der Waals surface area contributed by atoms with Gasteiger partial charge >= 0.3 is 5.97 Å². The third-order valence-corrected chi connectivity index (χ3v) is 8.64. The molecule has 210 valence electrons. The Morgan fingerprint density at radius 3 is 2.46 bits per heavy atom. The van der Waals surface area contributed by atoms with Crippen LogP contribution in [0.15, 0.2) is 85.0 Å². The maximum atomic E-state index is 13.1. The van der Waals surface area contributed by atoms with Crippen LogP contribution in [-0.4, -0.2) is 28.2 Å². The molecule has 39 heavy (non-hydrogen) atoms. The molecule has 4 nitrogen and oxygen atoms in total. The van der Waals surface area contributed by atoms with Gasteiger partial charge in [-0.1, -0.05) is 111 Å². The lowest BCUT2D eigenvalue weighted by Crippen LogP contribution is -2.17. The van der Waals surface area contributed by atoms with Crippen LogP contribution in [0.3, 0.4) is 0 Å². The Morgan fingerprint density at radius 2 is 1.74 bits per heavy atom. The van der Waals surface area contributed by atoms with Crippen LogP contribution in [-0.2, 0) is 26.7 Å². The fourth-order valence-electron chi connectivity index (χ4n) is 4.95. The third-order valence-electron chi connectivity index (χ3n) is 7.23. The number of hydrogen-bond donors (Lipinski definition) is 1. The Balaban J connectivity index is 1.48. The van der Waals surface area contributed by atoms with Crippen molar-refractivity contribution in [3.05, 3.63) is 96.1 Å². The summed E-state index contributed by atoms with van der Waals surface area (Å²) in [6.07, 6.45) is 15.0. The maximum absolute atomic E-state index is 13.1. The highest BCUT2D eigenvalue weighted by Crippen LogP contribution is 2.41. The van der Waals surface area contributed by atoms with E-state index in [1.54, 1.807) is 0 Å². The molecule has 2 aromatic rings. The summed E-state index contributed by atoms with van der Waals surface area (Å²) < 4.78 is 5.35. The molecule has 0 aromatic heterocycles. The van der Waals surface area contributed by atoms with Crippen molar-refractivity contribution in [2.45, 2.75) is 88.4 Å². The summed E-state index contributed by atoms with van der Waals surface area (Å²) >= 11 is 1.85. The molecule has 1 N–H and O–H groups in total. The van der Waals surface area contributed by atoms with Crippen molar-refractivity contribution in [3.63, 3.8) is 0 Å². The van der Waals surface area contributed by atoms with Crippen LogP contribution < -0.4 is 0 Å². The van der Waals surface area contributed by atoms with Crippen molar-refractivity contribution in [3.8, 4) is 0 Å². The van der Waals surface area contributed by atoms with E-state index in [2.05, 4.69) is 49.4 Å². The minimum Gasteiger partial charge on any atom is -0.461 e. The molecule has 0 saturated heterocycles. The van der Waals surface area contributed by atoms with Crippen molar-refractivity contribution in [1.82, 2.24) is 0 Å². The van der Waals surface area contributed by atoms with E-state index in [1.807, 2.05) is 54.2 Å².